The van der Waals surface area contributed by atoms with Gasteiger partial charge < -0.3 is 15.4 Å². The molecule has 0 aliphatic heterocycles. The second-order valence-corrected chi connectivity index (χ2v) is 6.91. The Kier molecular flexibility index (Phi) is 6.76. The lowest BCUT2D eigenvalue weighted by molar-refractivity contribution is -0.114. The molecule has 8 heteroatoms. The normalized spacial score (nSPS) is 10.3. The number of ether oxygens (including phenoxy) is 1. The summed E-state index contributed by atoms with van der Waals surface area (Å²) in [5, 5.41) is 6.58. The van der Waals surface area contributed by atoms with Crippen LogP contribution in [0, 0.1) is 6.92 Å². The van der Waals surface area contributed by atoms with Crippen molar-refractivity contribution < 1.29 is 19.1 Å². The smallest absolute Gasteiger partial charge is 0.341 e. The number of hydrogen-bond donors (Lipinski definition) is 2. The zero-order valence-corrected chi connectivity index (χ0v) is 16.2. The van der Waals surface area contributed by atoms with Gasteiger partial charge in [0.15, 0.2) is 5.78 Å². The molecule has 1 amide bonds. The first-order chi connectivity index (χ1) is 12.3. The maximum atomic E-state index is 12.2. The van der Waals surface area contributed by atoms with Crippen molar-refractivity contribution in [1.29, 1.82) is 0 Å². The lowest BCUT2D eigenvalue weighted by Crippen LogP contribution is -2.22. The van der Waals surface area contributed by atoms with Crippen molar-refractivity contribution in [3.8, 4) is 0 Å². The van der Waals surface area contributed by atoms with Gasteiger partial charge in [0.25, 0.3) is 0 Å². The van der Waals surface area contributed by atoms with Crippen molar-refractivity contribution in [1.82, 2.24) is 0 Å². The number of ketones is 1. The van der Waals surface area contributed by atoms with Gasteiger partial charge in [0.1, 0.15) is 5.00 Å². The molecule has 26 heavy (non-hydrogen) atoms. The van der Waals surface area contributed by atoms with Gasteiger partial charge in [-0.25, -0.2) is 4.79 Å². The molecule has 6 nitrogen and oxygen atoms in total. The largest absolute Gasteiger partial charge is 0.462 e. The Morgan fingerprint density at radius 3 is 2.62 bits per heavy atom. The van der Waals surface area contributed by atoms with E-state index in [1.165, 1.54) is 6.92 Å². The molecule has 0 atom stereocenters. The number of Topliss-reactive ketones (excluding diaryl/α,β-unsaturated/α-hetero) is 1. The Morgan fingerprint density at radius 1 is 1.27 bits per heavy atom. The van der Waals surface area contributed by atoms with Crippen molar-refractivity contribution >= 4 is 51.3 Å². The van der Waals surface area contributed by atoms with Gasteiger partial charge in [0, 0.05) is 10.7 Å². The highest BCUT2D eigenvalue weighted by atomic mass is 35.5. The number of rotatable bonds is 7. The molecule has 1 aromatic carbocycles. The molecule has 0 saturated carbocycles. The monoisotopic (exact) mass is 394 g/mol. The molecule has 138 valence electrons. The molecular formula is C18H19ClN2O4S. The average Bonchev–Trinajstić information content (AvgIpc) is 2.90. The molecule has 2 aromatic rings. The number of esters is 1. The Balaban J connectivity index is 2.15. The number of carbonyl (C=O) groups is 3. The summed E-state index contributed by atoms with van der Waals surface area (Å²) in [6, 6.07) is 6.79. The molecule has 2 N–H and O–H groups in total. The van der Waals surface area contributed by atoms with E-state index in [0.29, 0.717) is 26.2 Å². The summed E-state index contributed by atoms with van der Waals surface area (Å²) in [6.45, 7) is 4.98. The van der Waals surface area contributed by atoms with Gasteiger partial charge in [-0.05, 0) is 44.5 Å². The van der Waals surface area contributed by atoms with Gasteiger partial charge >= 0.3 is 5.97 Å². The summed E-state index contributed by atoms with van der Waals surface area (Å²) in [5.41, 5.74) is 1.41. The van der Waals surface area contributed by atoms with Crippen molar-refractivity contribution in [3.63, 3.8) is 0 Å². The molecule has 1 heterocycles. The number of amides is 1. The molecule has 0 spiro atoms. The zero-order chi connectivity index (χ0) is 19.3. The van der Waals surface area contributed by atoms with Crippen LogP contribution in [0.5, 0.6) is 0 Å². The predicted molar refractivity (Wildman–Crippen MR) is 104 cm³/mol. The SMILES string of the molecule is CCOC(=O)c1c(NCC(=O)Nc2cccc(Cl)c2)sc(C(C)=O)c1C. The Bertz CT molecular complexity index is 848. The third-order valence-electron chi connectivity index (χ3n) is 3.46. The highest BCUT2D eigenvalue weighted by molar-refractivity contribution is 7.18. The van der Waals surface area contributed by atoms with Gasteiger partial charge in [-0.15, -0.1) is 11.3 Å². The van der Waals surface area contributed by atoms with Crippen molar-refractivity contribution in [3.05, 3.63) is 45.3 Å². The van der Waals surface area contributed by atoms with Gasteiger partial charge in [-0.2, -0.15) is 0 Å². The van der Waals surface area contributed by atoms with E-state index in [9.17, 15) is 14.4 Å². The number of hydrogen-bond acceptors (Lipinski definition) is 6. The third-order valence-corrected chi connectivity index (χ3v) is 5.05. The van der Waals surface area contributed by atoms with E-state index in [0.717, 1.165) is 11.3 Å². The van der Waals surface area contributed by atoms with Crippen LogP contribution >= 0.6 is 22.9 Å². The van der Waals surface area contributed by atoms with Crippen molar-refractivity contribution in [2.45, 2.75) is 20.8 Å². The van der Waals surface area contributed by atoms with E-state index < -0.39 is 5.97 Å². The summed E-state index contributed by atoms with van der Waals surface area (Å²) in [7, 11) is 0. The minimum atomic E-state index is -0.522. The Morgan fingerprint density at radius 2 is 2.00 bits per heavy atom. The zero-order valence-electron chi connectivity index (χ0n) is 14.6. The van der Waals surface area contributed by atoms with Crippen LogP contribution < -0.4 is 10.6 Å². The lowest BCUT2D eigenvalue weighted by atomic mass is 10.1. The average molecular weight is 395 g/mol. The summed E-state index contributed by atoms with van der Waals surface area (Å²) >= 11 is 7.02. The van der Waals surface area contributed by atoms with Crippen LogP contribution in [0.2, 0.25) is 5.02 Å². The van der Waals surface area contributed by atoms with Crippen LogP contribution in [0.15, 0.2) is 24.3 Å². The molecular weight excluding hydrogens is 376 g/mol. The van der Waals surface area contributed by atoms with Gasteiger partial charge in [-0.1, -0.05) is 17.7 Å². The first kappa shape index (κ1) is 19.9. The van der Waals surface area contributed by atoms with Crippen LogP contribution in [-0.4, -0.2) is 30.8 Å². The minimum absolute atomic E-state index is 0.0732. The van der Waals surface area contributed by atoms with Gasteiger partial charge in [-0.3, -0.25) is 9.59 Å². The fourth-order valence-electron chi connectivity index (χ4n) is 2.35. The standard InChI is InChI=1S/C18H19ClN2O4S/c1-4-25-18(24)15-10(2)16(11(3)22)26-17(15)20-9-14(23)21-13-7-5-6-12(19)8-13/h5-8,20H,4,9H2,1-3H3,(H,21,23). The Hall–Kier alpha value is -2.38. The van der Waals surface area contributed by atoms with Crippen LogP contribution in [0.4, 0.5) is 10.7 Å². The third kappa shape index (κ3) is 4.83. The number of benzene rings is 1. The van der Waals surface area contributed by atoms with Crippen LogP contribution in [-0.2, 0) is 9.53 Å². The summed E-state index contributed by atoms with van der Waals surface area (Å²) in [4.78, 5) is 36.6. The molecule has 2 rings (SSSR count). The topological polar surface area (TPSA) is 84.5 Å². The molecule has 1 aromatic heterocycles. The van der Waals surface area contributed by atoms with E-state index in [1.54, 1.807) is 38.1 Å². The molecule has 0 aliphatic carbocycles. The number of anilines is 2. The number of halogens is 1. The maximum absolute atomic E-state index is 12.2. The molecule has 0 aliphatic rings. The van der Waals surface area contributed by atoms with Crippen molar-refractivity contribution in [2.75, 3.05) is 23.8 Å². The molecule has 0 bridgehead atoms. The quantitative estimate of drug-likeness (QED) is 0.544. The number of thiophene rings is 1. The van der Waals surface area contributed by atoms with E-state index >= 15 is 0 Å². The van der Waals surface area contributed by atoms with Gasteiger partial charge in [0.05, 0.1) is 23.6 Å². The number of carbonyl (C=O) groups excluding carboxylic acids is 3. The summed E-state index contributed by atoms with van der Waals surface area (Å²) in [6.07, 6.45) is 0. The first-order valence-electron chi connectivity index (χ1n) is 7.94. The summed E-state index contributed by atoms with van der Waals surface area (Å²) in [5.74, 6) is -0.974. The van der Waals surface area contributed by atoms with Crippen LogP contribution in [0.3, 0.4) is 0 Å². The molecule has 0 radical (unpaired) electrons. The van der Waals surface area contributed by atoms with E-state index in [1.807, 2.05) is 0 Å². The fourth-order valence-corrected chi connectivity index (χ4v) is 3.63. The van der Waals surface area contributed by atoms with E-state index in [2.05, 4.69) is 10.6 Å². The van der Waals surface area contributed by atoms with Crippen LogP contribution in [0.25, 0.3) is 0 Å². The second-order valence-electron chi connectivity index (χ2n) is 5.45. The number of nitrogens with one attached hydrogen (secondary N) is 2. The van der Waals surface area contributed by atoms with E-state index in [4.69, 9.17) is 16.3 Å². The highest BCUT2D eigenvalue weighted by Crippen LogP contribution is 2.34. The molecule has 0 fully saturated rings. The van der Waals surface area contributed by atoms with Crippen LogP contribution in [0.1, 0.15) is 39.4 Å². The fraction of sp³-hybridized carbons (Fsp3) is 0.278. The Labute approximate surface area is 160 Å². The lowest BCUT2D eigenvalue weighted by Gasteiger charge is -2.09. The molecule has 0 unspecified atom stereocenters. The predicted octanol–water partition coefficient (Wildman–Crippen LogP) is 4.14. The minimum Gasteiger partial charge on any atom is -0.462 e. The van der Waals surface area contributed by atoms with E-state index in [-0.39, 0.29) is 30.4 Å². The molecule has 0 saturated heterocycles. The summed E-state index contributed by atoms with van der Waals surface area (Å²) < 4.78 is 5.06. The second kappa shape index (κ2) is 8.82. The van der Waals surface area contributed by atoms with Crippen molar-refractivity contribution in [2.24, 2.45) is 0 Å². The maximum Gasteiger partial charge on any atom is 0.341 e. The highest BCUT2D eigenvalue weighted by Gasteiger charge is 2.24. The van der Waals surface area contributed by atoms with Gasteiger partial charge in [0.2, 0.25) is 5.91 Å². The first-order valence-corrected chi connectivity index (χ1v) is 9.13.